The third kappa shape index (κ3) is 127. The van der Waals surface area contributed by atoms with Crippen molar-refractivity contribution in [2.45, 2.75) is 505 Å². The van der Waals surface area contributed by atoms with Gasteiger partial charge in [0, 0.05) is 33.5 Å². The molecule has 0 amide bonds. The summed E-state index contributed by atoms with van der Waals surface area (Å²) < 4.78 is 68.3. The molecular formula is C106H230F4O4. The van der Waals surface area contributed by atoms with Crippen molar-refractivity contribution in [2.75, 3.05) is 33.5 Å². The van der Waals surface area contributed by atoms with E-state index in [1.54, 1.807) is 34.8 Å². The highest BCUT2D eigenvalue weighted by atomic mass is 19.4. The molecule has 0 radical (unpaired) electrons. The minimum atomic E-state index is -4.02. The number of hydrogen-bond acceptors (Lipinski definition) is 4. The predicted molar refractivity (Wildman–Crippen MR) is 518 cm³/mol. The Hall–Kier alpha value is -0.440. The van der Waals surface area contributed by atoms with Gasteiger partial charge in [0.15, 0.2) is 0 Å². The maximum absolute atomic E-state index is 12.6. The molecule has 114 heavy (non-hydrogen) atoms. The number of rotatable bonds is 16. The van der Waals surface area contributed by atoms with Gasteiger partial charge in [-0.2, -0.15) is 13.2 Å². The van der Waals surface area contributed by atoms with Crippen LogP contribution in [0.5, 0.6) is 0 Å². The van der Waals surface area contributed by atoms with Crippen molar-refractivity contribution in [3.63, 3.8) is 0 Å². The largest absolute Gasteiger partial charge is 0.391 e. The summed E-state index contributed by atoms with van der Waals surface area (Å²) in [6.45, 7) is 111. The molecule has 0 aromatic rings. The number of alkyl halides is 4. The average molecular weight is 1640 g/mol. The summed E-state index contributed by atoms with van der Waals surface area (Å²) >= 11 is 0. The van der Waals surface area contributed by atoms with Gasteiger partial charge in [-0.3, -0.25) is 0 Å². The smallest absolute Gasteiger partial charge is 0.382 e. The highest BCUT2D eigenvalue weighted by Crippen LogP contribution is 2.37. The fourth-order valence-corrected chi connectivity index (χ4v) is 9.71. The minimum absolute atomic E-state index is 0.315. The van der Waals surface area contributed by atoms with Crippen LogP contribution in [0, 0.1) is 154 Å². The van der Waals surface area contributed by atoms with Crippen molar-refractivity contribution >= 4 is 0 Å². The molecule has 8 heteroatoms. The molecule has 0 bridgehead atoms. The predicted octanol–water partition coefficient (Wildman–Crippen LogP) is 37.7. The van der Waals surface area contributed by atoms with E-state index < -0.39 is 17.8 Å². The first-order valence-corrected chi connectivity index (χ1v) is 48.9. The summed E-state index contributed by atoms with van der Waals surface area (Å²) in [6, 6.07) is 0. The van der Waals surface area contributed by atoms with Gasteiger partial charge in [0.25, 0.3) is 0 Å². The first-order valence-electron chi connectivity index (χ1n) is 48.9. The molecular weight excluding hydrogens is 1410 g/mol. The highest BCUT2D eigenvalue weighted by Gasteiger charge is 2.37. The van der Waals surface area contributed by atoms with Gasteiger partial charge in [0.05, 0.1) is 24.2 Å². The van der Waals surface area contributed by atoms with Crippen molar-refractivity contribution in [2.24, 2.45) is 154 Å². The topological polar surface area (TPSA) is 36.9 Å². The molecule has 7 aliphatic rings. The molecule has 0 N–H and O–H groups in total. The average Bonchev–Trinajstić information content (AvgIpc) is 1.20. The SMILES string of the molecule is CC(C)C.CC(C)C.CC(C)C.CC(C)C.CC(C)C(C)C.CC(C)C(C)C.CC(C)C(C)C(F)(F)F.CC(C)C1CC1.CC(C)C1CCC1.CC(C)C1CCC1.CC(C)C1CCCC1.CC(C)C1CCCO1.CC(C)C1CCO1.CC(C)C1CCOCC1.CC(C)CC(C)(C)F.CCC(C)C.CCC(C)C(C)C.COC(C)C. The molecule has 4 saturated carbocycles. The molecule has 4 nitrogen and oxygen atoms in total. The Morgan fingerprint density at radius 1 is 0.289 bits per heavy atom. The zero-order valence-electron chi connectivity index (χ0n) is 88.9. The Kier molecular flexibility index (Phi) is 105. The van der Waals surface area contributed by atoms with Crippen molar-refractivity contribution in [3.05, 3.63) is 0 Å². The summed E-state index contributed by atoms with van der Waals surface area (Å²) in [6.07, 6.45) is 25.1. The van der Waals surface area contributed by atoms with Crippen LogP contribution in [0.2, 0.25) is 0 Å². The molecule has 4 aliphatic carbocycles. The van der Waals surface area contributed by atoms with Crippen LogP contribution in [-0.2, 0) is 18.9 Å². The van der Waals surface area contributed by atoms with E-state index in [0.717, 1.165) is 163 Å². The third-order valence-corrected chi connectivity index (χ3v) is 21.6. The van der Waals surface area contributed by atoms with Crippen molar-refractivity contribution < 1.29 is 36.5 Å². The zero-order chi connectivity index (χ0) is 92.5. The fraction of sp³-hybridized carbons (Fsp3) is 1.00. The van der Waals surface area contributed by atoms with Crippen molar-refractivity contribution in [1.82, 2.24) is 0 Å². The van der Waals surface area contributed by atoms with Gasteiger partial charge in [-0.25, -0.2) is 4.39 Å². The second-order valence-electron chi connectivity index (χ2n) is 43.7. The summed E-state index contributed by atoms with van der Waals surface area (Å²) in [5.41, 5.74) is -0.978. The Bertz CT molecular complexity index is 1580. The van der Waals surface area contributed by atoms with E-state index in [1.807, 2.05) is 27.7 Å². The molecule has 3 aliphatic heterocycles. The minimum Gasteiger partial charge on any atom is -0.382 e. The van der Waals surface area contributed by atoms with Gasteiger partial charge in [0.1, 0.15) is 5.67 Å². The second-order valence-corrected chi connectivity index (χ2v) is 43.7. The van der Waals surface area contributed by atoms with Gasteiger partial charge >= 0.3 is 6.18 Å². The van der Waals surface area contributed by atoms with Gasteiger partial charge in [-0.15, -0.1) is 0 Å². The van der Waals surface area contributed by atoms with E-state index in [9.17, 15) is 17.6 Å². The Balaban J connectivity index is -0.000000110. The van der Waals surface area contributed by atoms with Gasteiger partial charge < -0.3 is 18.9 Å². The van der Waals surface area contributed by atoms with Crippen LogP contribution in [0.15, 0.2) is 0 Å². The summed E-state index contributed by atoms with van der Waals surface area (Å²) in [5.74, 6) is 19.7. The lowest BCUT2D eigenvalue weighted by Crippen LogP contribution is -2.31. The molecule has 0 aromatic heterocycles. The van der Waals surface area contributed by atoms with E-state index in [4.69, 9.17) is 18.9 Å². The van der Waals surface area contributed by atoms with E-state index in [2.05, 4.69) is 284 Å². The van der Waals surface area contributed by atoms with Crippen LogP contribution in [0.4, 0.5) is 17.6 Å². The van der Waals surface area contributed by atoms with Crippen LogP contribution in [-0.4, -0.2) is 63.7 Å². The summed E-state index contributed by atoms with van der Waals surface area (Å²) in [4.78, 5) is 0. The molecule has 706 valence electrons. The Morgan fingerprint density at radius 2 is 0.535 bits per heavy atom. The Morgan fingerprint density at radius 3 is 0.596 bits per heavy atom. The van der Waals surface area contributed by atoms with Crippen LogP contribution in [0.3, 0.4) is 0 Å². The molecule has 0 aromatic carbocycles. The maximum Gasteiger partial charge on any atom is 0.391 e. The highest BCUT2D eigenvalue weighted by molar-refractivity contribution is 4.76. The van der Waals surface area contributed by atoms with Gasteiger partial charge in [-0.05, 0) is 227 Å². The van der Waals surface area contributed by atoms with Gasteiger partial charge in [-0.1, -0.05) is 396 Å². The van der Waals surface area contributed by atoms with E-state index in [0.29, 0.717) is 30.7 Å². The molecule has 7 rings (SSSR count). The van der Waals surface area contributed by atoms with Crippen LogP contribution in [0.25, 0.3) is 0 Å². The number of hydrogen-bond donors (Lipinski definition) is 0. The molecule has 7 fully saturated rings. The third-order valence-electron chi connectivity index (χ3n) is 21.6. The molecule has 4 unspecified atom stereocenters. The van der Waals surface area contributed by atoms with E-state index in [1.165, 1.54) is 129 Å². The lowest BCUT2D eigenvalue weighted by molar-refractivity contribution is -0.180. The quantitative estimate of drug-likeness (QED) is 0.144. The first-order chi connectivity index (χ1) is 51.8. The van der Waals surface area contributed by atoms with E-state index >= 15 is 0 Å². The van der Waals surface area contributed by atoms with Crippen molar-refractivity contribution in [1.29, 1.82) is 0 Å². The Labute approximate surface area is 724 Å². The van der Waals surface area contributed by atoms with Gasteiger partial charge in [0.2, 0.25) is 0 Å². The fourth-order valence-electron chi connectivity index (χ4n) is 9.71. The summed E-state index contributed by atoms with van der Waals surface area (Å²) in [7, 11) is 1.70. The molecule has 4 atom stereocenters. The number of methoxy groups -OCH3 is 1. The molecule has 3 heterocycles. The lowest BCUT2D eigenvalue weighted by atomic mass is 9.78. The monoisotopic (exact) mass is 1640 g/mol. The molecule has 0 spiro atoms. The first kappa shape index (κ1) is 137. The van der Waals surface area contributed by atoms with Crippen LogP contribution >= 0.6 is 0 Å². The standard InChI is InChI=1S/C8H16O.C8H16.C7H15F.C7H14O.2C7H14.C7H16.C6H11F3.C6H12O.C6H12.2C6H14.C5H12.C4H10O.4C4H10/c1-7(2)8-3-5-9-6-4-8;1-7(2)8-5-3-4-6-8;1-6(2)5-7(3,4)8;1-6(2)7-4-3-5-8-7;2*1-6(2)7-4-3-5-7;1-5-7(4)6(2)3;1-4(2)5(3)6(7,8)9;1-5(2)6-3-4-7-6;1-5(2)6-3-4-6;2*1-5(2)6(3)4;1-4-5(2)3;1-4(2)5-3;4*1-4(2)3/h7-8H,3-6H2,1-2H3;7-8H,3-6H2,1-2H3;6H,5H2,1-4H3;6-7H,3-5H2,1-2H3;2*6-7H,3-5H2,1-2H3;6-7H,5H2,1-4H3;4-5H,1-3H3;5-6H,3-4H2,1-2H3;5-6H,3-4H2,1-2H3;2*5-6H,1-4H3;5H,4H2,1-3H3;4H,1-3H3;4*4H,1-3H3. The molecule has 3 saturated heterocycles. The maximum atomic E-state index is 12.6. The number of halogens is 4. The van der Waals surface area contributed by atoms with Crippen LogP contribution in [0.1, 0.15) is 475 Å². The summed E-state index contributed by atoms with van der Waals surface area (Å²) in [5, 5.41) is 0. The van der Waals surface area contributed by atoms with Crippen LogP contribution < -0.4 is 0 Å². The van der Waals surface area contributed by atoms with Crippen molar-refractivity contribution in [3.8, 4) is 0 Å². The second kappa shape index (κ2) is 87.5. The zero-order valence-corrected chi connectivity index (χ0v) is 88.9. The normalized spacial score (nSPS) is 17.7. The van der Waals surface area contributed by atoms with E-state index in [-0.39, 0.29) is 5.92 Å². The lowest BCUT2D eigenvalue weighted by Gasteiger charge is -2.29. The number of ether oxygens (including phenoxy) is 4.